The number of benzene rings is 1. The van der Waals surface area contributed by atoms with Gasteiger partial charge in [0.1, 0.15) is 0 Å². The lowest BCUT2D eigenvalue weighted by Gasteiger charge is -2.27. The molecule has 0 saturated carbocycles. The van der Waals surface area contributed by atoms with Crippen molar-refractivity contribution in [3.05, 3.63) is 35.9 Å². The van der Waals surface area contributed by atoms with Gasteiger partial charge in [0.15, 0.2) is 6.29 Å². The molecule has 2 rings (SSSR count). The predicted molar refractivity (Wildman–Crippen MR) is 81.3 cm³/mol. The first-order valence-corrected chi connectivity index (χ1v) is 7.80. The van der Waals surface area contributed by atoms with Crippen LogP contribution in [0.1, 0.15) is 44.6 Å². The monoisotopic (exact) mass is 277 g/mol. The number of aliphatic hydroxyl groups excluding tert-OH is 1. The first-order chi connectivity index (χ1) is 9.66. The van der Waals surface area contributed by atoms with Gasteiger partial charge in [-0.05, 0) is 44.1 Å². The second-order valence-electron chi connectivity index (χ2n) is 5.96. The number of hydrogen-bond donors (Lipinski definition) is 2. The maximum atomic E-state index is 9.93. The molecule has 0 amide bonds. The highest BCUT2D eigenvalue weighted by Crippen LogP contribution is 2.25. The number of rotatable bonds is 3. The summed E-state index contributed by atoms with van der Waals surface area (Å²) in [5.41, 5.74) is 7.29. The smallest absolute Gasteiger partial charge is 0.170 e. The molecule has 0 radical (unpaired) electrons. The SMILES string of the molecule is C[C@@H]1OC(O)[C@@H](N)CCCC[C@H]1CCc1ccccc1. The Morgan fingerprint density at radius 1 is 1.20 bits per heavy atom. The molecule has 1 heterocycles. The van der Waals surface area contributed by atoms with Gasteiger partial charge in [0.25, 0.3) is 0 Å². The van der Waals surface area contributed by atoms with Gasteiger partial charge in [-0.2, -0.15) is 0 Å². The zero-order valence-corrected chi connectivity index (χ0v) is 12.4. The summed E-state index contributed by atoms with van der Waals surface area (Å²) in [5, 5.41) is 9.93. The van der Waals surface area contributed by atoms with Crippen LogP contribution in [0.3, 0.4) is 0 Å². The third-order valence-electron chi connectivity index (χ3n) is 4.39. The van der Waals surface area contributed by atoms with Crippen LogP contribution in [-0.2, 0) is 11.2 Å². The maximum absolute atomic E-state index is 9.93. The molecule has 112 valence electrons. The summed E-state index contributed by atoms with van der Waals surface area (Å²) in [7, 11) is 0. The molecule has 1 aliphatic heterocycles. The van der Waals surface area contributed by atoms with Crippen LogP contribution in [0.25, 0.3) is 0 Å². The van der Waals surface area contributed by atoms with Gasteiger partial charge >= 0.3 is 0 Å². The lowest BCUT2D eigenvalue weighted by atomic mass is 9.90. The Morgan fingerprint density at radius 2 is 1.90 bits per heavy atom. The van der Waals surface area contributed by atoms with Gasteiger partial charge < -0.3 is 15.6 Å². The molecule has 1 fully saturated rings. The molecule has 20 heavy (non-hydrogen) atoms. The topological polar surface area (TPSA) is 55.5 Å². The van der Waals surface area contributed by atoms with E-state index >= 15 is 0 Å². The molecule has 0 aliphatic carbocycles. The molecule has 3 heteroatoms. The van der Waals surface area contributed by atoms with Crippen molar-refractivity contribution in [1.82, 2.24) is 0 Å². The average molecular weight is 277 g/mol. The fraction of sp³-hybridized carbons (Fsp3) is 0.647. The van der Waals surface area contributed by atoms with Crippen molar-refractivity contribution in [2.75, 3.05) is 0 Å². The van der Waals surface area contributed by atoms with Crippen LogP contribution in [0, 0.1) is 5.92 Å². The van der Waals surface area contributed by atoms with Crippen molar-refractivity contribution in [3.8, 4) is 0 Å². The van der Waals surface area contributed by atoms with E-state index < -0.39 is 6.29 Å². The molecular weight excluding hydrogens is 250 g/mol. The Bertz CT molecular complexity index is 382. The summed E-state index contributed by atoms with van der Waals surface area (Å²) < 4.78 is 5.71. The van der Waals surface area contributed by atoms with E-state index in [0.717, 1.165) is 32.1 Å². The molecule has 3 nitrogen and oxygen atoms in total. The number of hydrogen-bond acceptors (Lipinski definition) is 3. The highest BCUT2D eigenvalue weighted by atomic mass is 16.6. The van der Waals surface area contributed by atoms with Crippen LogP contribution in [0.4, 0.5) is 0 Å². The van der Waals surface area contributed by atoms with E-state index in [1.165, 1.54) is 12.0 Å². The minimum Gasteiger partial charge on any atom is -0.367 e. The first-order valence-electron chi connectivity index (χ1n) is 7.80. The van der Waals surface area contributed by atoms with E-state index in [9.17, 15) is 5.11 Å². The summed E-state index contributed by atoms with van der Waals surface area (Å²) in [4.78, 5) is 0. The fourth-order valence-electron chi connectivity index (χ4n) is 2.97. The van der Waals surface area contributed by atoms with Crippen LogP contribution >= 0.6 is 0 Å². The van der Waals surface area contributed by atoms with Gasteiger partial charge in [-0.1, -0.05) is 43.2 Å². The van der Waals surface area contributed by atoms with Crippen molar-refractivity contribution < 1.29 is 9.84 Å². The third-order valence-corrected chi connectivity index (χ3v) is 4.39. The zero-order valence-electron chi connectivity index (χ0n) is 12.4. The first kappa shape index (κ1) is 15.5. The molecule has 1 aliphatic rings. The van der Waals surface area contributed by atoms with Crippen LogP contribution in [0.5, 0.6) is 0 Å². The number of aliphatic hydroxyl groups is 1. The van der Waals surface area contributed by atoms with Crippen LogP contribution in [0.2, 0.25) is 0 Å². The molecule has 1 aromatic rings. The Kier molecular flexibility index (Phi) is 6.02. The van der Waals surface area contributed by atoms with Gasteiger partial charge in [0, 0.05) is 0 Å². The van der Waals surface area contributed by atoms with Gasteiger partial charge in [-0.3, -0.25) is 0 Å². The van der Waals surface area contributed by atoms with Crippen LogP contribution in [-0.4, -0.2) is 23.5 Å². The van der Waals surface area contributed by atoms with Crippen LogP contribution < -0.4 is 5.73 Å². The molecular formula is C17H27NO2. The summed E-state index contributed by atoms with van der Waals surface area (Å²) in [5.74, 6) is 0.496. The Morgan fingerprint density at radius 3 is 2.65 bits per heavy atom. The standard InChI is InChI=1S/C17H27NO2/c1-13-15(12-11-14-7-3-2-4-8-14)9-5-6-10-16(18)17(19)20-13/h2-4,7-8,13,15-17,19H,5-6,9-12,18H2,1H3/t13-,15-,16-,17?/m0/s1. The van der Waals surface area contributed by atoms with Crippen molar-refractivity contribution in [1.29, 1.82) is 0 Å². The van der Waals surface area contributed by atoms with Crippen molar-refractivity contribution in [3.63, 3.8) is 0 Å². The Hall–Kier alpha value is -0.900. The molecule has 3 N–H and O–H groups in total. The van der Waals surface area contributed by atoms with E-state index in [0.29, 0.717) is 5.92 Å². The summed E-state index contributed by atoms with van der Waals surface area (Å²) in [6.07, 6.45) is 5.69. The molecule has 4 atom stereocenters. The molecule has 1 saturated heterocycles. The minimum absolute atomic E-state index is 0.0675. The quantitative estimate of drug-likeness (QED) is 0.893. The second-order valence-corrected chi connectivity index (χ2v) is 5.96. The highest BCUT2D eigenvalue weighted by molar-refractivity contribution is 5.14. The number of ether oxygens (including phenoxy) is 1. The van der Waals surface area contributed by atoms with Gasteiger partial charge in [0.05, 0.1) is 12.1 Å². The molecule has 1 unspecified atom stereocenters. The fourth-order valence-corrected chi connectivity index (χ4v) is 2.97. The predicted octanol–water partition coefficient (Wildman–Crippen LogP) is 2.86. The van der Waals surface area contributed by atoms with Crippen LogP contribution in [0.15, 0.2) is 30.3 Å². The van der Waals surface area contributed by atoms with E-state index in [1.54, 1.807) is 0 Å². The van der Waals surface area contributed by atoms with Crippen molar-refractivity contribution in [2.24, 2.45) is 11.7 Å². The van der Waals surface area contributed by atoms with Crippen molar-refractivity contribution in [2.45, 2.75) is 63.9 Å². The van der Waals surface area contributed by atoms with Gasteiger partial charge in [-0.15, -0.1) is 0 Å². The van der Waals surface area contributed by atoms with Crippen molar-refractivity contribution >= 4 is 0 Å². The largest absolute Gasteiger partial charge is 0.367 e. The lowest BCUT2D eigenvalue weighted by Crippen LogP contribution is -2.39. The highest BCUT2D eigenvalue weighted by Gasteiger charge is 2.25. The molecule has 0 aromatic heterocycles. The number of aryl methyl sites for hydroxylation is 1. The lowest BCUT2D eigenvalue weighted by molar-refractivity contribution is -0.156. The summed E-state index contributed by atoms with van der Waals surface area (Å²) in [6, 6.07) is 10.3. The average Bonchev–Trinajstić information content (AvgIpc) is 2.51. The van der Waals surface area contributed by atoms with E-state index in [4.69, 9.17) is 10.5 Å². The molecule has 0 spiro atoms. The van der Waals surface area contributed by atoms with Gasteiger partial charge in [0.2, 0.25) is 0 Å². The summed E-state index contributed by atoms with van der Waals surface area (Å²) in [6.45, 7) is 2.07. The Labute approximate surface area is 122 Å². The normalized spacial score (nSPS) is 32.1. The van der Waals surface area contributed by atoms with Gasteiger partial charge in [-0.25, -0.2) is 0 Å². The molecule has 0 bridgehead atoms. The number of nitrogens with two attached hydrogens (primary N) is 1. The third kappa shape index (κ3) is 4.58. The van der Waals surface area contributed by atoms with E-state index in [-0.39, 0.29) is 12.1 Å². The minimum atomic E-state index is -0.817. The second kappa shape index (κ2) is 7.77. The zero-order chi connectivity index (χ0) is 14.4. The van der Waals surface area contributed by atoms with E-state index in [1.807, 2.05) is 6.07 Å². The molecule has 1 aromatic carbocycles. The van der Waals surface area contributed by atoms with E-state index in [2.05, 4.69) is 31.2 Å². The Balaban J connectivity index is 1.91. The summed E-state index contributed by atoms with van der Waals surface area (Å²) >= 11 is 0. The maximum Gasteiger partial charge on any atom is 0.170 e.